The van der Waals surface area contributed by atoms with Crippen LogP contribution in [0, 0.1) is 6.92 Å². The third-order valence-electron chi connectivity index (χ3n) is 3.04. The number of hydrogen-bond donors (Lipinski definition) is 2. The number of rotatable bonds is 7. The van der Waals surface area contributed by atoms with Crippen molar-refractivity contribution in [2.45, 2.75) is 19.6 Å². The largest absolute Gasteiger partial charge is 0.497 e. The number of thiazole rings is 1. The number of hydrogen-bond acceptors (Lipinski definition) is 6. The van der Waals surface area contributed by atoms with Gasteiger partial charge in [0.05, 0.1) is 20.3 Å². The maximum absolute atomic E-state index is 10.3. The smallest absolute Gasteiger partial charge is 0.122 e. The molecule has 0 aliphatic rings. The van der Waals surface area contributed by atoms with Crippen molar-refractivity contribution >= 4 is 11.3 Å². The Hall–Kier alpha value is -1.63. The summed E-state index contributed by atoms with van der Waals surface area (Å²) in [6, 6.07) is 5.40. The molecule has 0 saturated carbocycles. The van der Waals surface area contributed by atoms with E-state index in [1.165, 1.54) is 0 Å². The van der Waals surface area contributed by atoms with Crippen LogP contribution in [0.25, 0.3) is 0 Å². The van der Waals surface area contributed by atoms with E-state index >= 15 is 0 Å². The molecular weight excluding hydrogens is 288 g/mol. The van der Waals surface area contributed by atoms with Crippen LogP contribution in [0.5, 0.6) is 11.5 Å². The second-order valence-corrected chi connectivity index (χ2v) is 5.62. The van der Waals surface area contributed by atoms with E-state index in [-0.39, 0.29) is 0 Å². The van der Waals surface area contributed by atoms with Crippen LogP contribution in [0.2, 0.25) is 0 Å². The number of nitrogens with zero attached hydrogens (tertiary/aromatic N) is 1. The van der Waals surface area contributed by atoms with E-state index in [4.69, 9.17) is 9.47 Å². The Morgan fingerprint density at radius 2 is 1.90 bits per heavy atom. The predicted molar refractivity (Wildman–Crippen MR) is 83.1 cm³/mol. The van der Waals surface area contributed by atoms with E-state index in [2.05, 4.69) is 10.3 Å². The number of benzene rings is 1. The van der Waals surface area contributed by atoms with Gasteiger partial charge in [-0.25, -0.2) is 4.98 Å². The molecule has 0 fully saturated rings. The summed E-state index contributed by atoms with van der Waals surface area (Å²) in [4.78, 5) is 4.37. The quantitative estimate of drug-likeness (QED) is 0.821. The molecular formula is C15H20N2O3S. The number of aromatic nitrogens is 1. The van der Waals surface area contributed by atoms with Crippen molar-refractivity contribution < 1.29 is 14.6 Å². The minimum absolute atomic E-state index is 0.439. The first-order valence-electron chi connectivity index (χ1n) is 6.65. The van der Waals surface area contributed by atoms with Gasteiger partial charge in [-0.3, -0.25) is 0 Å². The third kappa shape index (κ3) is 4.42. The first-order valence-corrected chi connectivity index (χ1v) is 7.53. The molecule has 0 spiro atoms. The first-order chi connectivity index (χ1) is 10.1. The zero-order chi connectivity index (χ0) is 15.2. The van der Waals surface area contributed by atoms with Gasteiger partial charge in [-0.1, -0.05) is 0 Å². The SMILES string of the molecule is COc1cc(OC)cc(C(O)CNCc2nc(C)cs2)c1. The van der Waals surface area contributed by atoms with Gasteiger partial charge < -0.3 is 19.9 Å². The number of ether oxygens (including phenoxy) is 2. The molecule has 0 amide bonds. The van der Waals surface area contributed by atoms with E-state index in [9.17, 15) is 5.11 Å². The number of aliphatic hydroxyl groups is 1. The Balaban J connectivity index is 1.94. The van der Waals surface area contributed by atoms with Crippen LogP contribution in [0.4, 0.5) is 0 Å². The number of nitrogens with one attached hydrogen (secondary N) is 1. The van der Waals surface area contributed by atoms with Crippen molar-refractivity contribution in [3.8, 4) is 11.5 Å². The van der Waals surface area contributed by atoms with Gasteiger partial charge in [0.15, 0.2) is 0 Å². The van der Waals surface area contributed by atoms with Gasteiger partial charge in [-0.05, 0) is 24.6 Å². The van der Waals surface area contributed by atoms with Gasteiger partial charge in [0.2, 0.25) is 0 Å². The maximum Gasteiger partial charge on any atom is 0.122 e. The van der Waals surface area contributed by atoms with E-state index in [0.29, 0.717) is 24.6 Å². The number of methoxy groups -OCH3 is 2. The number of aliphatic hydroxyl groups excluding tert-OH is 1. The molecule has 5 nitrogen and oxygen atoms in total. The molecule has 1 aromatic heterocycles. The highest BCUT2D eigenvalue weighted by Gasteiger charge is 2.11. The summed E-state index contributed by atoms with van der Waals surface area (Å²) in [5.74, 6) is 1.33. The fraction of sp³-hybridized carbons (Fsp3) is 0.400. The maximum atomic E-state index is 10.3. The molecule has 2 N–H and O–H groups in total. The molecule has 1 atom stereocenters. The molecule has 2 rings (SSSR count). The third-order valence-corrected chi connectivity index (χ3v) is 4.01. The summed E-state index contributed by atoms with van der Waals surface area (Å²) in [5, 5.41) is 16.5. The highest BCUT2D eigenvalue weighted by molar-refractivity contribution is 7.09. The molecule has 0 saturated heterocycles. The van der Waals surface area contributed by atoms with Gasteiger partial charge in [-0.15, -0.1) is 11.3 Å². The van der Waals surface area contributed by atoms with Crippen LogP contribution in [0.1, 0.15) is 22.4 Å². The topological polar surface area (TPSA) is 63.6 Å². The fourth-order valence-corrected chi connectivity index (χ4v) is 2.68. The highest BCUT2D eigenvalue weighted by Crippen LogP contribution is 2.26. The summed E-state index contributed by atoms with van der Waals surface area (Å²) in [6.45, 7) is 3.06. The Morgan fingerprint density at radius 3 is 2.43 bits per heavy atom. The molecule has 0 radical (unpaired) electrons. The highest BCUT2D eigenvalue weighted by atomic mass is 32.1. The van der Waals surface area contributed by atoms with Crippen molar-refractivity contribution in [1.29, 1.82) is 0 Å². The zero-order valence-electron chi connectivity index (χ0n) is 12.4. The van der Waals surface area contributed by atoms with Gasteiger partial charge >= 0.3 is 0 Å². The van der Waals surface area contributed by atoms with Crippen molar-refractivity contribution in [2.75, 3.05) is 20.8 Å². The standard InChI is InChI=1S/C15H20N2O3S/c1-10-9-21-15(17-10)8-16-7-14(18)11-4-12(19-2)6-13(5-11)20-3/h4-6,9,14,16,18H,7-8H2,1-3H3. The van der Waals surface area contributed by atoms with Crippen LogP contribution < -0.4 is 14.8 Å². The summed E-state index contributed by atoms with van der Waals surface area (Å²) in [5.41, 5.74) is 1.78. The Morgan fingerprint density at radius 1 is 1.24 bits per heavy atom. The summed E-state index contributed by atoms with van der Waals surface area (Å²) in [7, 11) is 3.18. The monoisotopic (exact) mass is 308 g/mol. The zero-order valence-corrected chi connectivity index (χ0v) is 13.2. The lowest BCUT2D eigenvalue weighted by molar-refractivity contribution is 0.173. The molecule has 1 aromatic carbocycles. The Bertz CT molecular complexity index is 564. The van der Waals surface area contributed by atoms with Crippen LogP contribution in [0.15, 0.2) is 23.6 Å². The summed E-state index contributed by atoms with van der Waals surface area (Å²) < 4.78 is 10.4. The van der Waals surface area contributed by atoms with Gasteiger partial charge in [0.1, 0.15) is 16.5 Å². The lowest BCUT2D eigenvalue weighted by atomic mass is 10.1. The average Bonchev–Trinajstić information content (AvgIpc) is 2.92. The molecule has 114 valence electrons. The molecule has 1 unspecified atom stereocenters. The second-order valence-electron chi connectivity index (χ2n) is 4.68. The average molecular weight is 308 g/mol. The van der Waals surface area contributed by atoms with Gasteiger partial charge in [0, 0.05) is 30.2 Å². The minimum atomic E-state index is -0.630. The summed E-state index contributed by atoms with van der Waals surface area (Å²) >= 11 is 1.61. The molecule has 1 heterocycles. The van der Waals surface area contributed by atoms with Crippen molar-refractivity contribution in [3.05, 3.63) is 39.8 Å². The van der Waals surface area contributed by atoms with E-state index in [1.54, 1.807) is 31.6 Å². The van der Waals surface area contributed by atoms with E-state index in [1.807, 2.05) is 24.4 Å². The molecule has 0 aliphatic carbocycles. The van der Waals surface area contributed by atoms with Gasteiger partial charge in [-0.2, -0.15) is 0 Å². The van der Waals surface area contributed by atoms with Gasteiger partial charge in [0.25, 0.3) is 0 Å². The van der Waals surface area contributed by atoms with Crippen LogP contribution in [-0.4, -0.2) is 30.9 Å². The predicted octanol–water partition coefficient (Wildman–Crippen LogP) is 2.29. The lowest BCUT2D eigenvalue weighted by Gasteiger charge is -2.14. The first kappa shape index (κ1) is 15.8. The van der Waals surface area contributed by atoms with Crippen molar-refractivity contribution in [3.63, 3.8) is 0 Å². The molecule has 2 aromatic rings. The fourth-order valence-electron chi connectivity index (χ4n) is 1.94. The molecule has 6 heteroatoms. The lowest BCUT2D eigenvalue weighted by Crippen LogP contribution is -2.21. The van der Waals surface area contributed by atoms with Crippen LogP contribution in [-0.2, 0) is 6.54 Å². The van der Waals surface area contributed by atoms with E-state index < -0.39 is 6.10 Å². The molecule has 0 aliphatic heterocycles. The van der Waals surface area contributed by atoms with Crippen LogP contribution >= 0.6 is 11.3 Å². The van der Waals surface area contributed by atoms with E-state index in [0.717, 1.165) is 16.3 Å². The normalized spacial score (nSPS) is 12.2. The summed E-state index contributed by atoms with van der Waals surface area (Å²) in [6.07, 6.45) is -0.630. The Labute approximate surface area is 128 Å². The minimum Gasteiger partial charge on any atom is -0.497 e. The number of aryl methyl sites for hydroxylation is 1. The molecule has 0 bridgehead atoms. The van der Waals surface area contributed by atoms with Crippen molar-refractivity contribution in [1.82, 2.24) is 10.3 Å². The molecule has 21 heavy (non-hydrogen) atoms. The van der Waals surface area contributed by atoms with Crippen LogP contribution in [0.3, 0.4) is 0 Å². The van der Waals surface area contributed by atoms with Crippen molar-refractivity contribution in [2.24, 2.45) is 0 Å². The second kappa shape index (κ2) is 7.40. The Kier molecular flexibility index (Phi) is 5.55.